The molecule has 30 heavy (non-hydrogen) atoms. The number of rotatable bonds is 4. The molecule has 0 nitrogen and oxygen atoms in total. The lowest BCUT2D eigenvalue weighted by Gasteiger charge is -2.39. The van der Waals surface area contributed by atoms with Gasteiger partial charge in [-0.15, -0.1) is 0 Å². The van der Waals surface area contributed by atoms with E-state index in [1.807, 2.05) is 0 Å². The van der Waals surface area contributed by atoms with E-state index in [9.17, 15) is 0 Å². The van der Waals surface area contributed by atoms with Crippen LogP contribution in [0.5, 0.6) is 0 Å². The first-order valence-electron chi connectivity index (χ1n) is 11.0. The first-order valence-corrected chi connectivity index (χ1v) is 13.0. The summed E-state index contributed by atoms with van der Waals surface area (Å²) in [7, 11) is -2.44. The molecule has 1 atom stereocenters. The summed E-state index contributed by atoms with van der Waals surface area (Å²) in [5.41, 5.74) is 7.32. The van der Waals surface area contributed by atoms with Gasteiger partial charge in [-0.1, -0.05) is 102 Å². The molecule has 1 aliphatic rings. The summed E-state index contributed by atoms with van der Waals surface area (Å²) < 4.78 is 0. The average molecular weight is 409 g/mol. The van der Waals surface area contributed by atoms with Crippen LogP contribution >= 0.6 is 0 Å². The van der Waals surface area contributed by atoms with Gasteiger partial charge >= 0.3 is 0 Å². The third kappa shape index (κ3) is 2.95. The maximum absolute atomic E-state index is 2.44. The zero-order valence-corrected chi connectivity index (χ0v) is 20.1. The molecule has 0 fully saturated rings. The van der Waals surface area contributed by atoms with Crippen molar-refractivity contribution in [3.8, 4) is 0 Å². The van der Waals surface area contributed by atoms with Gasteiger partial charge < -0.3 is 0 Å². The summed E-state index contributed by atoms with van der Waals surface area (Å²) in [6.45, 7) is 14.0. The van der Waals surface area contributed by atoms with Crippen molar-refractivity contribution < 1.29 is 0 Å². The highest BCUT2D eigenvalue weighted by Gasteiger charge is 2.48. The predicted octanol–water partition coefficient (Wildman–Crippen LogP) is 5.62. The van der Waals surface area contributed by atoms with E-state index in [1.54, 1.807) is 5.20 Å². The SMILES string of the molecule is CC1=C(C)C(C)C([Si](c2ccccc2)(c2ccccc2)c2cccc(C)c2C)=C1C. The Morgan fingerprint density at radius 3 is 1.60 bits per heavy atom. The number of benzene rings is 3. The first-order chi connectivity index (χ1) is 14.4. The van der Waals surface area contributed by atoms with Gasteiger partial charge in [0.05, 0.1) is 0 Å². The molecule has 0 aromatic heterocycles. The van der Waals surface area contributed by atoms with Gasteiger partial charge in [-0.25, -0.2) is 0 Å². The summed E-state index contributed by atoms with van der Waals surface area (Å²) in [5.74, 6) is 0.456. The summed E-state index contributed by atoms with van der Waals surface area (Å²) in [4.78, 5) is 0. The second-order valence-corrected chi connectivity index (χ2v) is 12.5. The minimum Gasteiger partial charge on any atom is -0.0636 e. The van der Waals surface area contributed by atoms with Gasteiger partial charge in [-0.05, 0) is 72.8 Å². The van der Waals surface area contributed by atoms with Crippen LogP contribution in [0.15, 0.2) is 101 Å². The molecule has 0 bridgehead atoms. The summed E-state index contributed by atoms with van der Waals surface area (Å²) in [5, 5.41) is 6.15. The van der Waals surface area contributed by atoms with Gasteiger partial charge in [0, 0.05) is 0 Å². The fourth-order valence-corrected chi connectivity index (χ4v) is 11.4. The van der Waals surface area contributed by atoms with Crippen LogP contribution in [0.4, 0.5) is 0 Å². The lowest BCUT2D eigenvalue weighted by molar-refractivity contribution is 0.851. The van der Waals surface area contributed by atoms with E-state index in [2.05, 4.69) is 120 Å². The van der Waals surface area contributed by atoms with Crippen molar-refractivity contribution in [2.45, 2.75) is 41.5 Å². The molecule has 1 unspecified atom stereocenters. The molecule has 0 heterocycles. The Morgan fingerprint density at radius 2 is 1.13 bits per heavy atom. The summed E-state index contributed by atoms with van der Waals surface area (Å²) in [6, 6.07) is 29.6. The minimum atomic E-state index is -2.44. The van der Waals surface area contributed by atoms with Crippen molar-refractivity contribution >= 4 is 23.6 Å². The molecule has 0 N–H and O–H groups in total. The van der Waals surface area contributed by atoms with Crippen LogP contribution in [-0.2, 0) is 0 Å². The highest BCUT2D eigenvalue weighted by Crippen LogP contribution is 2.41. The van der Waals surface area contributed by atoms with Crippen molar-refractivity contribution in [3.05, 3.63) is 112 Å². The largest absolute Gasteiger partial charge is 0.176 e. The predicted molar refractivity (Wildman–Crippen MR) is 134 cm³/mol. The van der Waals surface area contributed by atoms with Crippen LogP contribution in [0.3, 0.4) is 0 Å². The number of hydrogen-bond donors (Lipinski definition) is 0. The molecule has 0 saturated carbocycles. The van der Waals surface area contributed by atoms with E-state index in [0.717, 1.165) is 0 Å². The zero-order valence-electron chi connectivity index (χ0n) is 19.1. The Hall–Kier alpha value is -2.64. The minimum absolute atomic E-state index is 0.456. The summed E-state index contributed by atoms with van der Waals surface area (Å²) in [6.07, 6.45) is 0. The second-order valence-electron chi connectivity index (χ2n) is 8.80. The maximum atomic E-state index is 2.42. The van der Waals surface area contributed by atoms with E-state index in [-0.39, 0.29) is 0 Å². The molecule has 0 radical (unpaired) electrons. The van der Waals surface area contributed by atoms with E-state index in [1.165, 1.54) is 43.4 Å². The number of allylic oxidation sites excluding steroid dienone is 4. The quantitative estimate of drug-likeness (QED) is 0.388. The molecule has 4 rings (SSSR count). The van der Waals surface area contributed by atoms with Gasteiger partial charge in [0.1, 0.15) is 0 Å². The van der Waals surface area contributed by atoms with Crippen LogP contribution in [0.25, 0.3) is 0 Å². The van der Waals surface area contributed by atoms with Gasteiger partial charge in [-0.3, -0.25) is 0 Å². The van der Waals surface area contributed by atoms with E-state index in [0.29, 0.717) is 5.92 Å². The van der Waals surface area contributed by atoms with Crippen LogP contribution in [0, 0.1) is 19.8 Å². The molecule has 1 aliphatic carbocycles. The third-order valence-electron chi connectivity index (χ3n) is 7.47. The molecule has 0 spiro atoms. The molecule has 152 valence electrons. The number of hydrogen-bond acceptors (Lipinski definition) is 0. The van der Waals surface area contributed by atoms with Crippen molar-refractivity contribution in [1.29, 1.82) is 0 Å². The second kappa shape index (κ2) is 7.89. The lowest BCUT2D eigenvalue weighted by atomic mass is 10.1. The Labute approximate surface area is 183 Å². The third-order valence-corrected chi connectivity index (χ3v) is 12.8. The van der Waals surface area contributed by atoms with Crippen LogP contribution in [-0.4, -0.2) is 8.07 Å². The highest BCUT2D eigenvalue weighted by atomic mass is 28.3. The van der Waals surface area contributed by atoms with Crippen LogP contribution < -0.4 is 15.6 Å². The zero-order chi connectivity index (χ0) is 21.5. The molecular weight excluding hydrogens is 376 g/mol. The number of aryl methyl sites for hydroxylation is 1. The normalized spacial score (nSPS) is 17.1. The molecule has 1 heteroatoms. The fraction of sp³-hybridized carbons (Fsp3) is 0.241. The van der Waals surface area contributed by atoms with E-state index >= 15 is 0 Å². The Morgan fingerprint density at radius 1 is 0.600 bits per heavy atom. The van der Waals surface area contributed by atoms with Gasteiger partial charge in [0.25, 0.3) is 0 Å². The fourth-order valence-electron chi connectivity index (χ4n) is 5.44. The van der Waals surface area contributed by atoms with Gasteiger partial charge in [0.2, 0.25) is 0 Å². The van der Waals surface area contributed by atoms with Crippen molar-refractivity contribution in [1.82, 2.24) is 0 Å². The first kappa shape index (κ1) is 20.6. The van der Waals surface area contributed by atoms with Gasteiger partial charge in [0.15, 0.2) is 8.07 Å². The molecular formula is C29H32Si. The molecule has 3 aromatic carbocycles. The molecule has 0 saturated heterocycles. The topological polar surface area (TPSA) is 0 Å². The van der Waals surface area contributed by atoms with E-state index < -0.39 is 8.07 Å². The standard InChI is InChI=1S/C29H32Si/c1-20-14-13-19-28(21(20)2)30(26-15-9-7-10-16-26,27-17-11-8-12-18-27)29-24(5)22(3)23(4)25(29)6/h7-19,24H,1-6H3. The van der Waals surface area contributed by atoms with Crippen molar-refractivity contribution in [2.24, 2.45) is 5.92 Å². The Bertz CT molecular complexity index is 1090. The Kier molecular flexibility index (Phi) is 5.42. The molecule has 0 amide bonds. The summed E-state index contributed by atoms with van der Waals surface area (Å²) >= 11 is 0. The average Bonchev–Trinajstić information content (AvgIpc) is 2.97. The van der Waals surface area contributed by atoms with Crippen molar-refractivity contribution in [3.63, 3.8) is 0 Å². The van der Waals surface area contributed by atoms with Crippen molar-refractivity contribution in [2.75, 3.05) is 0 Å². The van der Waals surface area contributed by atoms with Crippen LogP contribution in [0.2, 0.25) is 0 Å². The van der Waals surface area contributed by atoms with Crippen LogP contribution in [0.1, 0.15) is 38.8 Å². The molecule has 3 aromatic rings. The van der Waals surface area contributed by atoms with E-state index in [4.69, 9.17) is 0 Å². The highest BCUT2D eigenvalue weighted by molar-refractivity contribution is 7.16. The smallest absolute Gasteiger partial charge is 0.0636 e. The van der Waals surface area contributed by atoms with Gasteiger partial charge in [-0.2, -0.15) is 0 Å². The maximum Gasteiger partial charge on any atom is 0.176 e. The monoisotopic (exact) mass is 408 g/mol. The molecule has 0 aliphatic heterocycles. The lowest BCUT2D eigenvalue weighted by Crippen LogP contribution is -2.70. The Balaban J connectivity index is 2.22.